The lowest BCUT2D eigenvalue weighted by Crippen LogP contribution is -2.14. The van der Waals surface area contributed by atoms with Crippen LogP contribution < -0.4 is 5.32 Å². The maximum absolute atomic E-state index is 4.33. The maximum Gasteiger partial charge on any atom is 0.0570 e. The van der Waals surface area contributed by atoms with Crippen LogP contribution >= 0.6 is 0 Å². The minimum atomic E-state index is 0.793. The fourth-order valence-electron chi connectivity index (χ4n) is 1.53. The van der Waals surface area contributed by atoms with Crippen molar-refractivity contribution in [2.75, 3.05) is 0 Å². The second kappa shape index (κ2) is 5.37. The van der Waals surface area contributed by atoms with Crippen LogP contribution in [0.25, 0.3) is 0 Å². The number of nitrogens with one attached hydrogen (secondary N) is 1. The Hall–Kier alpha value is -1.74. The van der Waals surface area contributed by atoms with E-state index in [9.17, 15) is 0 Å². The van der Waals surface area contributed by atoms with Crippen LogP contribution in [0.5, 0.6) is 0 Å². The Morgan fingerprint density at radius 2 is 2.00 bits per heavy atom. The van der Waals surface area contributed by atoms with E-state index in [1.54, 1.807) is 6.20 Å². The first-order valence-corrected chi connectivity index (χ1v) is 5.36. The molecule has 0 aliphatic heterocycles. The Balaban J connectivity index is 1.87. The third kappa shape index (κ3) is 2.87. The molecule has 0 aliphatic carbocycles. The van der Waals surface area contributed by atoms with Gasteiger partial charge in [0, 0.05) is 31.7 Å². The van der Waals surface area contributed by atoms with Gasteiger partial charge in [0.15, 0.2) is 0 Å². The van der Waals surface area contributed by atoms with Crippen LogP contribution in [0.2, 0.25) is 0 Å². The van der Waals surface area contributed by atoms with Crippen molar-refractivity contribution in [3.05, 3.63) is 59.7 Å². The van der Waals surface area contributed by atoms with Crippen molar-refractivity contribution < 1.29 is 0 Å². The normalized spacial score (nSPS) is 10.3. The number of hydrogen-bond donors (Lipinski definition) is 1. The third-order valence-corrected chi connectivity index (χ3v) is 2.46. The average molecular weight is 213 g/mol. The second-order valence-electron chi connectivity index (χ2n) is 3.73. The van der Waals surface area contributed by atoms with Crippen molar-refractivity contribution in [3.8, 4) is 0 Å². The van der Waals surface area contributed by atoms with Gasteiger partial charge in [-0.1, -0.05) is 12.1 Å². The van der Waals surface area contributed by atoms with E-state index in [0.717, 1.165) is 18.8 Å². The van der Waals surface area contributed by atoms with E-state index in [1.807, 2.05) is 24.5 Å². The van der Waals surface area contributed by atoms with Crippen LogP contribution in [0.15, 0.2) is 42.9 Å². The SMILES string of the molecule is Cc1cccnc1CNCc1cccnc1. The molecule has 0 aliphatic rings. The summed E-state index contributed by atoms with van der Waals surface area (Å²) >= 11 is 0. The molecular weight excluding hydrogens is 198 g/mol. The first kappa shape index (κ1) is 10.8. The van der Waals surface area contributed by atoms with E-state index in [2.05, 4.69) is 34.3 Å². The number of nitrogens with zero attached hydrogens (tertiary/aromatic N) is 2. The monoisotopic (exact) mass is 213 g/mol. The molecule has 82 valence electrons. The number of hydrogen-bond acceptors (Lipinski definition) is 3. The molecule has 2 aromatic rings. The predicted octanol–water partition coefficient (Wildman–Crippen LogP) is 2.07. The van der Waals surface area contributed by atoms with Gasteiger partial charge in [0.1, 0.15) is 0 Å². The van der Waals surface area contributed by atoms with Crippen molar-refractivity contribution in [1.82, 2.24) is 15.3 Å². The topological polar surface area (TPSA) is 37.8 Å². The summed E-state index contributed by atoms with van der Waals surface area (Å²) in [5, 5.41) is 3.36. The zero-order valence-electron chi connectivity index (χ0n) is 9.35. The van der Waals surface area contributed by atoms with E-state index >= 15 is 0 Å². The van der Waals surface area contributed by atoms with Crippen molar-refractivity contribution in [3.63, 3.8) is 0 Å². The molecule has 0 saturated carbocycles. The Kier molecular flexibility index (Phi) is 3.62. The quantitative estimate of drug-likeness (QED) is 0.845. The highest BCUT2D eigenvalue weighted by molar-refractivity contribution is 5.17. The van der Waals surface area contributed by atoms with E-state index in [1.165, 1.54) is 11.1 Å². The molecular formula is C13H15N3. The van der Waals surface area contributed by atoms with Gasteiger partial charge in [-0.15, -0.1) is 0 Å². The molecule has 0 unspecified atom stereocenters. The lowest BCUT2D eigenvalue weighted by Gasteiger charge is -2.06. The Morgan fingerprint density at radius 3 is 2.75 bits per heavy atom. The van der Waals surface area contributed by atoms with E-state index in [0.29, 0.717) is 0 Å². The Morgan fingerprint density at radius 1 is 1.12 bits per heavy atom. The Bertz CT molecular complexity index is 440. The van der Waals surface area contributed by atoms with Crippen LogP contribution in [0.4, 0.5) is 0 Å². The highest BCUT2D eigenvalue weighted by Gasteiger charge is 1.98. The van der Waals surface area contributed by atoms with Crippen LogP contribution in [0.1, 0.15) is 16.8 Å². The van der Waals surface area contributed by atoms with Gasteiger partial charge in [-0.05, 0) is 30.2 Å². The number of aromatic nitrogens is 2. The Labute approximate surface area is 95.6 Å². The first-order valence-electron chi connectivity index (χ1n) is 5.36. The standard InChI is InChI=1S/C13H15N3/c1-11-4-2-7-16-13(11)10-15-9-12-5-3-6-14-8-12/h2-8,15H,9-10H2,1H3. The van der Waals surface area contributed by atoms with Gasteiger partial charge in [0.25, 0.3) is 0 Å². The zero-order valence-corrected chi connectivity index (χ0v) is 9.35. The molecule has 0 atom stereocenters. The lowest BCUT2D eigenvalue weighted by atomic mass is 10.2. The molecule has 3 nitrogen and oxygen atoms in total. The fourth-order valence-corrected chi connectivity index (χ4v) is 1.53. The van der Waals surface area contributed by atoms with Crippen LogP contribution in [0.3, 0.4) is 0 Å². The summed E-state index contributed by atoms with van der Waals surface area (Å²) in [5.74, 6) is 0. The predicted molar refractivity (Wildman–Crippen MR) is 63.8 cm³/mol. The molecule has 2 rings (SSSR count). The molecule has 0 fully saturated rings. The minimum Gasteiger partial charge on any atom is -0.307 e. The molecule has 0 spiro atoms. The molecule has 0 aromatic carbocycles. The highest BCUT2D eigenvalue weighted by Crippen LogP contribution is 2.03. The van der Waals surface area contributed by atoms with Crippen molar-refractivity contribution in [2.45, 2.75) is 20.0 Å². The highest BCUT2D eigenvalue weighted by atomic mass is 14.9. The minimum absolute atomic E-state index is 0.793. The maximum atomic E-state index is 4.33. The summed E-state index contributed by atoms with van der Waals surface area (Å²) in [7, 11) is 0. The summed E-state index contributed by atoms with van der Waals surface area (Å²) in [6.45, 7) is 3.69. The first-order chi connectivity index (χ1) is 7.86. The summed E-state index contributed by atoms with van der Waals surface area (Å²) in [6.07, 6.45) is 5.48. The van der Waals surface area contributed by atoms with E-state index < -0.39 is 0 Å². The summed E-state index contributed by atoms with van der Waals surface area (Å²) < 4.78 is 0. The van der Waals surface area contributed by atoms with Crippen molar-refractivity contribution in [2.24, 2.45) is 0 Å². The summed E-state index contributed by atoms with van der Waals surface area (Å²) in [5.41, 5.74) is 3.52. The van der Waals surface area contributed by atoms with Gasteiger partial charge in [-0.3, -0.25) is 9.97 Å². The van der Waals surface area contributed by atoms with Gasteiger partial charge >= 0.3 is 0 Å². The van der Waals surface area contributed by atoms with Crippen molar-refractivity contribution in [1.29, 1.82) is 0 Å². The van der Waals surface area contributed by atoms with E-state index in [4.69, 9.17) is 0 Å². The number of rotatable bonds is 4. The van der Waals surface area contributed by atoms with Gasteiger partial charge in [-0.2, -0.15) is 0 Å². The zero-order chi connectivity index (χ0) is 11.2. The van der Waals surface area contributed by atoms with Crippen LogP contribution in [0, 0.1) is 6.92 Å². The molecule has 0 bridgehead atoms. The number of aryl methyl sites for hydroxylation is 1. The summed E-state index contributed by atoms with van der Waals surface area (Å²) in [4.78, 5) is 8.40. The molecule has 3 heteroatoms. The largest absolute Gasteiger partial charge is 0.307 e. The molecule has 1 N–H and O–H groups in total. The van der Waals surface area contributed by atoms with Crippen LogP contribution in [-0.4, -0.2) is 9.97 Å². The van der Waals surface area contributed by atoms with Gasteiger partial charge in [-0.25, -0.2) is 0 Å². The third-order valence-electron chi connectivity index (χ3n) is 2.46. The fraction of sp³-hybridized carbons (Fsp3) is 0.231. The van der Waals surface area contributed by atoms with Crippen molar-refractivity contribution >= 4 is 0 Å². The summed E-state index contributed by atoms with van der Waals surface area (Å²) in [6, 6.07) is 8.04. The molecule has 0 amide bonds. The van der Waals surface area contributed by atoms with Gasteiger partial charge < -0.3 is 5.32 Å². The molecule has 0 saturated heterocycles. The van der Waals surface area contributed by atoms with Gasteiger partial charge in [0.2, 0.25) is 0 Å². The molecule has 2 heterocycles. The van der Waals surface area contributed by atoms with Crippen LogP contribution in [-0.2, 0) is 13.1 Å². The average Bonchev–Trinajstić information content (AvgIpc) is 2.33. The number of pyridine rings is 2. The molecule has 2 aromatic heterocycles. The van der Waals surface area contributed by atoms with Gasteiger partial charge in [0.05, 0.1) is 5.69 Å². The molecule has 0 radical (unpaired) electrons. The lowest BCUT2D eigenvalue weighted by molar-refractivity contribution is 0.674. The van der Waals surface area contributed by atoms with E-state index in [-0.39, 0.29) is 0 Å². The smallest absolute Gasteiger partial charge is 0.0570 e. The second-order valence-corrected chi connectivity index (χ2v) is 3.73. The molecule has 16 heavy (non-hydrogen) atoms.